The number of ether oxygens (including phenoxy) is 2. The molecule has 0 saturated carbocycles. The first kappa shape index (κ1) is 16.2. The average molecular weight is 272 g/mol. The Labute approximate surface area is 116 Å². The average Bonchev–Trinajstić information content (AvgIpc) is 2.32. The highest BCUT2D eigenvalue weighted by Crippen LogP contribution is 2.10. The van der Waals surface area contributed by atoms with Crippen LogP contribution in [-0.2, 0) is 9.47 Å². The first-order valence-corrected chi connectivity index (χ1v) is 7.23. The standard InChI is InChI=1S/C14H28N2O3/c1-14(2,3)19-13(17)16-8-5-9-18-11-12-6-4-7-15-10-12/h12,15H,4-11H2,1-3H3,(H,16,17). The summed E-state index contributed by atoms with van der Waals surface area (Å²) < 4.78 is 10.8. The van der Waals surface area contributed by atoms with Crippen molar-refractivity contribution in [1.82, 2.24) is 10.6 Å². The van der Waals surface area contributed by atoms with Gasteiger partial charge in [0.15, 0.2) is 0 Å². The van der Waals surface area contributed by atoms with E-state index in [1.54, 1.807) is 0 Å². The number of alkyl carbamates (subject to hydrolysis) is 1. The number of hydrogen-bond acceptors (Lipinski definition) is 4. The van der Waals surface area contributed by atoms with Crippen molar-refractivity contribution in [3.63, 3.8) is 0 Å². The number of piperidine rings is 1. The quantitative estimate of drug-likeness (QED) is 0.725. The van der Waals surface area contributed by atoms with Crippen LogP contribution >= 0.6 is 0 Å². The molecule has 1 unspecified atom stereocenters. The van der Waals surface area contributed by atoms with Crippen molar-refractivity contribution in [3.8, 4) is 0 Å². The fourth-order valence-electron chi connectivity index (χ4n) is 2.00. The fourth-order valence-corrected chi connectivity index (χ4v) is 2.00. The summed E-state index contributed by atoms with van der Waals surface area (Å²) in [6.45, 7) is 9.87. The van der Waals surface area contributed by atoms with Gasteiger partial charge in [0.1, 0.15) is 5.60 Å². The number of hydrogen-bond donors (Lipinski definition) is 2. The fraction of sp³-hybridized carbons (Fsp3) is 0.929. The topological polar surface area (TPSA) is 59.6 Å². The second-order valence-electron chi connectivity index (χ2n) is 6.07. The molecule has 19 heavy (non-hydrogen) atoms. The highest BCUT2D eigenvalue weighted by Gasteiger charge is 2.15. The smallest absolute Gasteiger partial charge is 0.407 e. The van der Waals surface area contributed by atoms with Gasteiger partial charge in [-0.1, -0.05) is 0 Å². The zero-order valence-corrected chi connectivity index (χ0v) is 12.5. The molecule has 0 spiro atoms. The maximum atomic E-state index is 11.4. The summed E-state index contributed by atoms with van der Waals surface area (Å²) in [5.74, 6) is 0.646. The second kappa shape index (κ2) is 8.38. The molecule has 0 aromatic carbocycles. The summed E-state index contributed by atoms with van der Waals surface area (Å²) in [7, 11) is 0. The summed E-state index contributed by atoms with van der Waals surface area (Å²) in [5.41, 5.74) is -0.436. The zero-order chi connectivity index (χ0) is 14.1. The third-order valence-corrected chi connectivity index (χ3v) is 2.89. The van der Waals surface area contributed by atoms with Gasteiger partial charge in [0.2, 0.25) is 0 Å². The van der Waals surface area contributed by atoms with E-state index in [0.717, 1.165) is 26.1 Å². The minimum atomic E-state index is -0.436. The van der Waals surface area contributed by atoms with E-state index in [1.165, 1.54) is 12.8 Å². The Morgan fingerprint density at radius 2 is 2.21 bits per heavy atom. The molecule has 1 atom stereocenters. The van der Waals surface area contributed by atoms with Gasteiger partial charge in [-0.3, -0.25) is 0 Å². The summed E-state index contributed by atoms with van der Waals surface area (Å²) in [6, 6.07) is 0. The lowest BCUT2D eigenvalue weighted by atomic mass is 10.0. The van der Waals surface area contributed by atoms with E-state index in [1.807, 2.05) is 20.8 Å². The summed E-state index contributed by atoms with van der Waals surface area (Å²) >= 11 is 0. The Kier molecular flexibility index (Phi) is 7.16. The van der Waals surface area contributed by atoms with Crippen LogP contribution in [0.1, 0.15) is 40.0 Å². The van der Waals surface area contributed by atoms with Gasteiger partial charge in [-0.05, 0) is 52.5 Å². The lowest BCUT2D eigenvalue weighted by Crippen LogP contribution is -2.34. The molecule has 0 bridgehead atoms. The van der Waals surface area contributed by atoms with E-state index < -0.39 is 5.60 Å². The summed E-state index contributed by atoms with van der Waals surface area (Å²) in [6.07, 6.45) is 2.96. The molecule has 0 radical (unpaired) electrons. The van der Waals surface area contributed by atoms with Crippen molar-refractivity contribution in [2.24, 2.45) is 5.92 Å². The molecular weight excluding hydrogens is 244 g/mol. The summed E-state index contributed by atoms with van der Waals surface area (Å²) in [5, 5.41) is 6.09. The Morgan fingerprint density at radius 1 is 1.42 bits per heavy atom. The Hall–Kier alpha value is -0.810. The molecule has 0 aliphatic carbocycles. The lowest BCUT2D eigenvalue weighted by Gasteiger charge is -2.22. The van der Waals surface area contributed by atoms with E-state index in [0.29, 0.717) is 19.1 Å². The first-order chi connectivity index (χ1) is 8.97. The molecule has 112 valence electrons. The van der Waals surface area contributed by atoms with Crippen LogP contribution in [0.15, 0.2) is 0 Å². The molecule has 1 aliphatic rings. The van der Waals surface area contributed by atoms with Gasteiger partial charge in [0, 0.05) is 19.7 Å². The minimum absolute atomic E-state index is 0.357. The van der Waals surface area contributed by atoms with Gasteiger partial charge in [0.25, 0.3) is 0 Å². The number of rotatable bonds is 6. The van der Waals surface area contributed by atoms with Crippen LogP contribution in [0, 0.1) is 5.92 Å². The lowest BCUT2D eigenvalue weighted by molar-refractivity contribution is 0.0513. The van der Waals surface area contributed by atoms with Crippen LogP contribution in [0.5, 0.6) is 0 Å². The molecular formula is C14H28N2O3. The Balaban J connectivity index is 1.92. The molecule has 0 aromatic heterocycles. The number of carbonyl (C=O) groups excluding carboxylic acids is 1. The predicted octanol–water partition coefficient (Wildman–Crippen LogP) is 1.92. The van der Waals surface area contributed by atoms with Gasteiger partial charge in [-0.25, -0.2) is 4.79 Å². The van der Waals surface area contributed by atoms with Crippen molar-refractivity contribution in [2.75, 3.05) is 32.8 Å². The monoisotopic (exact) mass is 272 g/mol. The molecule has 2 N–H and O–H groups in total. The van der Waals surface area contributed by atoms with Crippen molar-refractivity contribution in [3.05, 3.63) is 0 Å². The van der Waals surface area contributed by atoms with E-state index in [-0.39, 0.29) is 6.09 Å². The van der Waals surface area contributed by atoms with Crippen LogP contribution in [0.2, 0.25) is 0 Å². The van der Waals surface area contributed by atoms with Crippen LogP contribution in [0.4, 0.5) is 4.79 Å². The van der Waals surface area contributed by atoms with Crippen LogP contribution in [0.3, 0.4) is 0 Å². The van der Waals surface area contributed by atoms with Crippen LogP contribution in [0.25, 0.3) is 0 Å². The van der Waals surface area contributed by atoms with Gasteiger partial charge < -0.3 is 20.1 Å². The van der Waals surface area contributed by atoms with E-state index in [2.05, 4.69) is 10.6 Å². The molecule has 1 fully saturated rings. The minimum Gasteiger partial charge on any atom is -0.444 e. The van der Waals surface area contributed by atoms with Crippen LogP contribution in [-0.4, -0.2) is 44.5 Å². The maximum absolute atomic E-state index is 11.4. The SMILES string of the molecule is CC(C)(C)OC(=O)NCCCOCC1CCCNC1. The van der Waals surface area contributed by atoms with Crippen molar-refractivity contribution in [2.45, 2.75) is 45.6 Å². The highest BCUT2D eigenvalue weighted by atomic mass is 16.6. The van der Waals surface area contributed by atoms with Gasteiger partial charge in [-0.2, -0.15) is 0 Å². The number of carbonyl (C=O) groups is 1. The number of amides is 1. The molecule has 1 amide bonds. The maximum Gasteiger partial charge on any atom is 0.407 e. The largest absolute Gasteiger partial charge is 0.444 e. The molecule has 1 rings (SSSR count). The van der Waals surface area contributed by atoms with E-state index >= 15 is 0 Å². The predicted molar refractivity (Wildman–Crippen MR) is 75.3 cm³/mol. The zero-order valence-electron chi connectivity index (χ0n) is 12.5. The normalized spacial score (nSPS) is 20.1. The van der Waals surface area contributed by atoms with Gasteiger partial charge in [0.05, 0.1) is 6.61 Å². The molecule has 0 aromatic rings. The number of nitrogens with one attached hydrogen (secondary N) is 2. The first-order valence-electron chi connectivity index (χ1n) is 7.23. The molecule has 1 aliphatic heterocycles. The van der Waals surface area contributed by atoms with Crippen molar-refractivity contribution >= 4 is 6.09 Å². The second-order valence-corrected chi connectivity index (χ2v) is 6.07. The van der Waals surface area contributed by atoms with Gasteiger partial charge >= 0.3 is 6.09 Å². The molecule has 5 nitrogen and oxygen atoms in total. The van der Waals surface area contributed by atoms with E-state index in [4.69, 9.17) is 9.47 Å². The molecule has 1 heterocycles. The van der Waals surface area contributed by atoms with Crippen molar-refractivity contribution in [1.29, 1.82) is 0 Å². The van der Waals surface area contributed by atoms with Crippen molar-refractivity contribution < 1.29 is 14.3 Å². The highest BCUT2D eigenvalue weighted by molar-refractivity contribution is 5.67. The third kappa shape index (κ3) is 8.83. The van der Waals surface area contributed by atoms with Gasteiger partial charge in [-0.15, -0.1) is 0 Å². The molecule has 5 heteroatoms. The Morgan fingerprint density at radius 3 is 2.84 bits per heavy atom. The Bertz CT molecular complexity index is 258. The molecule has 1 saturated heterocycles. The summed E-state index contributed by atoms with van der Waals surface area (Å²) in [4.78, 5) is 11.4. The van der Waals surface area contributed by atoms with Crippen LogP contribution < -0.4 is 10.6 Å². The van der Waals surface area contributed by atoms with E-state index in [9.17, 15) is 4.79 Å². The third-order valence-electron chi connectivity index (χ3n) is 2.89.